The van der Waals surface area contributed by atoms with Crippen molar-refractivity contribution in [3.8, 4) is 17.1 Å². The van der Waals surface area contributed by atoms with E-state index >= 15 is 0 Å². The Morgan fingerprint density at radius 1 is 0.852 bits per heavy atom. The summed E-state index contributed by atoms with van der Waals surface area (Å²) in [7, 11) is 0. The van der Waals surface area contributed by atoms with Crippen LogP contribution in [0.25, 0.3) is 22.4 Å². The molecular formula is C24H24N2O. The summed E-state index contributed by atoms with van der Waals surface area (Å²) < 4.78 is 8.42. The van der Waals surface area contributed by atoms with Gasteiger partial charge < -0.3 is 9.30 Å². The quantitative estimate of drug-likeness (QED) is 0.430. The van der Waals surface area contributed by atoms with Gasteiger partial charge in [0.1, 0.15) is 18.2 Å². The van der Waals surface area contributed by atoms with Crippen LogP contribution in [0.5, 0.6) is 5.75 Å². The fourth-order valence-corrected chi connectivity index (χ4v) is 3.45. The third kappa shape index (κ3) is 3.59. The Balaban J connectivity index is 1.62. The van der Waals surface area contributed by atoms with Gasteiger partial charge in [0, 0.05) is 5.56 Å². The minimum absolute atomic E-state index is 0.440. The van der Waals surface area contributed by atoms with E-state index in [0.29, 0.717) is 12.5 Å². The van der Waals surface area contributed by atoms with Gasteiger partial charge in [0.25, 0.3) is 0 Å². The molecule has 0 N–H and O–H groups in total. The third-order valence-electron chi connectivity index (χ3n) is 4.80. The number of hydrogen-bond donors (Lipinski definition) is 0. The van der Waals surface area contributed by atoms with Gasteiger partial charge in [-0.1, -0.05) is 74.5 Å². The molecule has 0 unspecified atom stereocenters. The topological polar surface area (TPSA) is 27.1 Å². The highest BCUT2D eigenvalue weighted by atomic mass is 16.5. The van der Waals surface area contributed by atoms with E-state index in [-0.39, 0.29) is 0 Å². The summed E-state index contributed by atoms with van der Waals surface area (Å²) in [4.78, 5) is 4.86. The van der Waals surface area contributed by atoms with Crippen LogP contribution >= 0.6 is 0 Å². The zero-order chi connectivity index (χ0) is 18.6. The van der Waals surface area contributed by atoms with E-state index in [1.165, 1.54) is 5.56 Å². The van der Waals surface area contributed by atoms with Crippen LogP contribution in [0.2, 0.25) is 0 Å². The molecule has 3 nitrogen and oxygen atoms in total. The lowest BCUT2D eigenvalue weighted by atomic mass is 10.0. The minimum Gasteiger partial charge on any atom is -0.491 e. The average molecular weight is 356 g/mol. The summed E-state index contributed by atoms with van der Waals surface area (Å²) in [5.41, 5.74) is 4.52. The van der Waals surface area contributed by atoms with Gasteiger partial charge >= 0.3 is 0 Å². The summed E-state index contributed by atoms with van der Waals surface area (Å²) in [6, 6.07) is 26.9. The second-order valence-electron chi connectivity index (χ2n) is 6.98. The number of imidazole rings is 1. The number of aromatic nitrogens is 2. The molecule has 3 heteroatoms. The van der Waals surface area contributed by atoms with E-state index < -0.39 is 0 Å². The van der Waals surface area contributed by atoms with E-state index in [2.05, 4.69) is 79.1 Å². The fraction of sp³-hybridized carbons (Fsp3) is 0.208. The monoisotopic (exact) mass is 356 g/mol. The lowest BCUT2D eigenvalue weighted by Crippen LogP contribution is -2.10. The fourth-order valence-electron chi connectivity index (χ4n) is 3.45. The maximum absolute atomic E-state index is 6.16. The molecule has 1 aromatic heterocycles. The van der Waals surface area contributed by atoms with E-state index in [4.69, 9.17) is 9.72 Å². The van der Waals surface area contributed by atoms with Crippen molar-refractivity contribution in [2.45, 2.75) is 26.3 Å². The molecule has 0 saturated heterocycles. The first kappa shape index (κ1) is 17.3. The van der Waals surface area contributed by atoms with Gasteiger partial charge in [-0.2, -0.15) is 0 Å². The number of ether oxygens (including phenoxy) is 1. The van der Waals surface area contributed by atoms with Crippen molar-refractivity contribution in [2.75, 3.05) is 6.61 Å². The van der Waals surface area contributed by atoms with Gasteiger partial charge in [-0.25, -0.2) is 4.98 Å². The first-order valence-electron chi connectivity index (χ1n) is 9.46. The average Bonchev–Trinajstić information content (AvgIpc) is 3.08. The Hall–Kier alpha value is -3.07. The van der Waals surface area contributed by atoms with E-state index in [9.17, 15) is 0 Å². The smallest absolute Gasteiger partial charge is 0.141 e. The van der Waals surface area contributed by atoms with E-state index in [1.807, 2.05) is 18.2 Å². The molecule has 0 fully saturated rings. The Kier molecular flexibility index (Phi) is 4.93. The molecule has 0 atom stereocenters. The highest BCUT2D eigenvalue weighted by molar-refractivity contribution is 5.80. The van der Waals surface area contributed by atoms with Gasteiger partial charge in [0.2, 0.25) is 0 Å². The molecule has 0 radical (unpaired) electrons. The van der Waals surface area contributed by atoms with Crippen molar-refractivity contribution in [3.63, 3.8) is 0 Å². The third-order valence-corrected chi connectivity index (χ3v) is 4.80. The van der Waals surface area contributed by atoms with Crippen molar-refractivity contribution in [1.29, 1.82) is 0 Å². The molecule has 27 heavy (non-hydrogen) atoms. The summed E-state index contributed by atoms with van der Waals surface area (Å²) in [6.07, 6.45) is 0. The molecule has 136 valence electrons. The van der Waals surface area contributed by atoms with Crippen LogP contribution in [0.4, 0.5) is 0 Å². The van der Waals surface area contributed by atoms with Crippen LogP contribution in [-0.2, 0) is 6.54 Å². The zero-order valence-corrected chi connectivity index (χ0v) is 15.8. The van der Waals surface area contributed by atoms with Crippen LogP contribution in [0.15, 0.2) is 78.9 Å². The van der Waals surface area contributed by atoms with Crippen LogP contribution in [-0.4, -0.2) is 16.2 Å². The number of hydrogen-bond acceptors (Lipinski definition) is 2. The van der Waals surface area contributed by atoms with Crippen molar-refractivity contribution in [2.24, 2.45) is 0 Å². The summed E-state index contributed by atoms with van der Waals surface area (Å²) in [5, 5.41) is 0. The predicted octanol–water partition coefficient (Wildman–Crippen LogP) is 5.91. The zero-order valence-electron chi connectivity index (χ0n) is 15.8. The largest absolute Gasteiger partial charge is 0.491 e. The Labute approximate surface area is 160 Å². The summed E-state index contributed by atoms with van der Waals surface area (Å²) >= 11 is 0. The van der Waals surface area contributed by atoms with E-state index in [1.54, 1.807) is 0 Å². The van der Waals surface area contributed by atoms with Crippen LogP contribution in [0.3, 0.4) is 0 Å². The molecule has 0 aliphatic heterocycles. The Morgan fingerprint density at radius 3 is 2.37 bits per heavy atom. The number of para-hydroxylation sites is 3. The van der Waals surface area contributed by atoms with Crippen molar-refractivity contribution < 1.29 is 4.74 Å². The molecule has 0 aliphatic carbocycles. The maximum atomic E-state index is 6.16. The molecule has 1 heterocycles. The van der Waals surface area contributed by atoms with Gasteiger partial charge in [0.15, 0.2) is 0 Å². The lowest BCUT2D eigenvalue weighted by Gasteiger charge is -2.15. The highest BCUT2D eigenvalue weighted by Gasteiger charge is 2.13. The van der Waals surface area contributed by atoms with E-state index in [0.717, 1.165) is 34.7 Å². The lowest BCUT2D eigenvalue weighted by molar-refractivity contribution is 0.297. The normalized spacial score (nSPS) is 11.2. The number of nitrogens with zero attached hydrogens (tertiary/aromatic N) is 2. The first-order valence-corrected chi connectivity index (χ1v) is 9.46. The van der Waals surface area contributed by atoms with Gasteiger partial charge in [-0.05, 0) is 29.7 Å². The number of benzene rings is 3. The SMILES string of the molecule is CC(C)c1ccccc1OCCn1c(-c2ccccc2)nc2ccccc21. The van der Waals surface area contributed by atoms with Crippen LogP contribution in [0, 0.1) is 0 Å². The molecule has 0 spiro atoms. The molecule has 0 saturated carbocycles. The van der Waals surface area contributed by atoms with Gasteiger partial charge in [0.05, 0.1) is 17.6 Å². The Morgan fingerprint density at radius 2 is 1.56 bits per heavy atom. The second-order valence-corrected chi connectivity index (χ2v) is 6.98. The molecule has 0 aliphatic rings. The number of fused-ring (bicyclic) bond motifs is 1. The molecule has 4 aromatic rings. The van der Waals surface area contributed by atoms with Gasteiger partial charge in [-0.3, -0.25) is 0 Å². The molecular weight excluding hydrogens is 332 g/mol. The van der Waals surface area contributed by atoms with Gasteiger partial charge in [-0.15, -0.1) is 0 Å². The predicted molar refractivity (Wildman–Crippen MR) is 111 cm³/mol. The molecule has 3 aromatic carbocycles. The van der Waals surface area contributed by atoms with Crippen LogP contribution in [0.1, 0.15) is 25.3 Å². The molecule has 0 amide bonds. The highest BCUT2D eigenvalue weighted by Crippen LogP contribution is 2.27. The number of rotatable bonds is 6. The summed E-state index contributed by atoms with van der Waals surface area (Å²) in [5.74, 6) is 2.39. The first-order chi connectivity index (χ1) is 13.2. The van der Waals surface area contributed by atoms with Crippen molar-refractivity contribution in [1.82, 2.24) is 9.55 Å². The maximum Gasteiger partial charge on any atom is 0.141 e. The van der Waals surface area contributed by atoms with Crippen molar-refractivity contribution >= 4 is 11.0 Å². The molecule has 0 bridgehead atoms. The van der Waals surface area contributed by atoms with Crippen LogP contribution < -0.4 is 4.74 Å². The standard InChI is InChI=1S/C24H24N2O/c1-18(2)20-12-6-9-15-23(20)27-17-16-26-22-14-8-7-13-21(22)25-24(26)19-10-4-3-5-11-19/h3-15,18H,16-17H2,1-2H3. The second kappa shape index (κ2) is 7.67. The molecule has 4 rings (SSSR count). The minimum atomic E-state index is 0.440. The Bertz CT molecular complexity index is 1030. The van der Waals surface area contributed by atoms with Crippen molar-refractivity contribution in [3.05, 3.63) is 84.4 Å². The summed E-state index contributed by atoms with van der Waals surface area (Å²) in [6.45, 7) is 5.74.